The van der Waals surface area contributed by atoms with Crippen LogP contribution in [0.25, 0.3) is 0 Å². The third-order valence-corrected chi connectivity index (χ3v) is 2.71. The van der Waals surface area contributed by atoms with Crippen LogP contribution in [0.3, 0.4) is 0 Å². The molecule has 0 aliphatic heterocycles. The van der Waals surface area contributed by atoms with Crippen LogP contribution in [0.15, 0.2) is 36.4 Å². The molecule has 104 valence electrons. The number of aromatic nitrogens is 1. The van der Waals surface area contributed by atoms with Gasteiger partial charge in [-0.25, -0.2) is 4.98 Å². The number of carbonyl (C=O) groups excluding carboxylic acids is 1. The molecule has 2 aromatic rings. The molecule has 1 aromatic carbocycles. The molecule has 0 atom stereocenters. The minimum absolute atomic E-state index is 0.317. The molecule has 6 heteroatoms. The van der Waals surface area contributed by atoms with Crippen molar-refractivity contribution in [3.8, 4) is 5.75 Å². The Morgan fingerprint density at radius 2 is 2.10 bits per heavy atom. The molecule has 0 aliphatic rings. The molecule has 0 unspecified atom stereocenters. The second-order valence-electron chi connectivity index (χ2n) is 4.15. The number of methoxy groups -OCH3 is 1. The number of hydrogen-bond acceptors (Lipinski definition) is 5. The van der Waals surface area contributed by atoms with Crippen molar-refractivity contribution >= 4 is 17.4 Å². The van der Waals surface area contributed by atoms with E-state index in [1.165, 1.54) is 13.2 Å². The number of aryl methyl sites for hydroxylation is 1. The van der Waals surface area contributed by atoms with E-state index < -0.39 is 0 Å². The highest BCUT2D eigenvalue weighted by Gasteiger charge is 2.10. The van der Waals surface area contributed by atoms with Crippen LogP contribution in [0.4, 0.5) is 11.5 Å². The van der Waals surface area contributed by atoms with Gasteiger partial charge in [-0.15, -0.1) is 0 Å². The van der Waals surface area contributed by atoms with Crippen molar-refractivity contribution < 1.29 is 14.7 Å². The lowest BCUT2D eigenvalue weighted by molar-refractivity contribution is 0.102. The summed E-state index contributed by atoms with van der Waals surface area (Å²) in [6.45, 7) is 1.84. The smallest absolute Gasteiger partial charge is 0.256 e. The number of anilines is 2. The molecule has 0 radical (unpaired) electrons. The number of hydrogen-bond donors (Lipinski definition) is 3. The van der Waals surface area contributed by atoms with Gasteiger partial charge in [0.1, 0.15) is 17.3 Å². The molecule has 20 heavy (non-hydrogen) atoms. The Kier molecular flexibility index (Phi) is 4.17. The van der Waals surface area contributed by atoms with E-state index in [9.17, 15) is 4.79 Å². The maximum Gasteiger partial charge on any atom is 0.256 e. The van der Waals surface area contributed by atoms with Crippen molar-refractivity contribution in [1.29, 1.82) is 0 Å². The fraction of sp³-hybridized carbons (Fsp3) is 0.143. The first-order chi connectivity index (χ1) is 9.63. The number of carbonyl (C=O) groups is 1. The first-order valence-electron chi connectivity index (χ1n) is 5.97. The maximum atomic E-state index is 12.1. The lowest BCUT2D eigenvalue weighted by atomic mass is 10.1. The number of nitrogens with one attached hydrogen (secondary N) is 2. The monoisotopic (exact) mass is 273 g/mol. The van der Waals surface area contributed by atoms with E-state index in [0.29, 0.717) is 22.8 Å². The molecular weight excluding hydrogens is 258 g/mol. The van der Waals surface area contributed by atoms with Gasteiger partial charge in [-0.3, -0.25) is 15.5 Å². The van der Waals surface area contributed by atoms with Gasteiger partial charge in [0, 0.05) is 11.3 Å². The van der Waals surface area contributed by atoms with Crippen molar-refractivity contribution in [2.75, 3.05) is 17.9 Å². The normalized spacial score (nSPS) is 9.95. The Hall–Kier alpha value is -2.60. The number of benzene rings is 1. The zero-order chi connectivity index (χ0) is 14.5. The second kappa shape index (κ2) is 6.03. The highest BCUT2D eigenvalue weighted by atomic mass is 16.5. The second-order valence-corrected chi connectivity index (χ2v) is 4.15. The van der Waals surface area contributed by atoms with Gasteiger partial charge < -0.3 is 10.1 Å². The quantitative estimate of drug-likeness (QED) is 0.745. The first-order valence-corrected chi connectivity index (χ1v) is 5.97. The molecular formula is C14H15N3O3. The molecule has 0 saturated heterocycles. The molecule has 1 aromatic heterocycles. The molecule has 1 amide bonds. The summed E-state index contributed by atoms with van der Waals surface area (Å²) >= 11 is 0. The predicted octanol–water partition coefficient (Wildman–Crippen LogP) is 2.45. The van der Waals surface area contributed by atoms with Crippen LogP contribution >= 0.6 is 0 Å². The third-order valence-electron chi connectivity index (χ3n) is 2.71. The highest BCUT2D eigenvalue weighted by Crippen LogP contribution is 2.25. The first kappa shape index (κ1) is 13.8. The summed E-state index contributed by atoms with van der Waals surface area (Å²) in [5.74, 6) is 0.601. The van der Waals surface area contributed by atoms with E-state index in [4.69, 9.17) is 9.94 Å². The summed E-state index contributed by atoms with van der Waals surface area (Å²) in [6, 6.07) is 10.1. The van der Waals surface area contributed by atoms with E-state index in [-0.39, 0.29) is 5.91 Å². The predicted molar refractivity (Wildman–Crippen MR) is 75.3 cm³/mol. The van der Waals surface area contributed by atoms with Crippen LogP contribution < -0.4 is 15.5 Å². The number of ether oxygens (including phenoxy) is 1. The van der Waals surface area contributed by atoms with Crippen LogP contribution in [0.1, 0.15) is 16.1 Å². The summed E-state index contributed by atoms with van der Waals surface area (Å²) in [5.41, 5.74) is 3.51. The van der Waals surface area contributed by atoms with Gasteiger partial charge in [-0.05, 0) is 37.3 Å². The summed E-state index contributed by atoms with van der Waals surface area (Å²) in [6.07, 6.45) is 0. The Labute approximate surface area is 116 Å². The lowest BCUT2D eigenvalue weighted by Gasteiger charge is -2.09. The van der Waals surface area contributed by atoms with E-state index in [0.717, 1.165) is 5.69 Å². The van der Waals surface area contributed by atoms with Crippen molar-refractivity contribution in [3.63, 3.8) is 0 Å². The molecule has 0 spiro atoms. The molecule has 6 nitrogen and oxygen atoms in total. The van der Waals surface area contributed by atoms with Gasteiger partial charge >= 0.3 is 0 Å². The van der Waals surface area contributed by atoms with Crippen molar-refractivity contribution in [1.82, 2.24) is 4.98 Å². The zero-order valence-corrected chi connectivity index (χ0v) is 11.2. The van der Waals surface area contributed by atoms with Gasteiger partial charge in [0.25, 0.3) is 5.91 Å². The molecule has 0 bridgehead atoms. The van der Waals surface area contributed by atoms with Crippen LogP contribution in [0.5, 0.6) is 5.75 Å². The third kappa shape index (κ3) is 3.04. The van der Waals surface area contributed by atoms with Crippen molar-refractivity contribution in [2.45, 2.75) is 6.92 Å². The van der Waals surface area contributed by atoms with Crippen LogP contribution in [0, 0.1) is 6.92 Å². The molecule has 0 saturated carbocycles. The summed E-state index contributed by atoms with van der Waals surface area (Å²) in [5, 5.41) is 11.7. The Bertz CT molecular complexity index is 629. The van der Waals surface area contributed by atoms with E-state index in [1.54, 1.807) is 18.2 Å². The molecule has 1 heterocycles. The van der Waals surface area contributed by atoms with Gasteiger partial charge in [0.15, 0.2) is 0 Å². The molecule has 2 rings (SSSR count). The van der Waals surface area contributed by atoms with Crippen LogP contribution in [-0.2, 0) is 0 Å². The highest BCUT2D eigenvalue weighted by molar-refractivity contribution is 6.04. The number of rotatable bonds is 4. The standard InChI is InChI=1S/C14H15N3O3/c1-9-4-3-5-13(15-9)16-14(18)10-6-7-12(20-2)11(8-10)17-19/h3-8,17,19H,1-2H3,(H,15,16,18). The van der Waals surface area contributed by atoms with E-state index >= 15 is 0 Å². The number of nitrogens with zero attached hydrogens (tertiary/aromatic N) is 1. The molecule has 0 fully saturated rings. The van der Waals surface area contributed by atoms with Gasteiger partial charge in [-0.2, -0.15) is 0 Å². The zero-order valence-electron chi connectivity index (χ0n) is 11.2. The van der Waals surface area contributed by atoms with Gasteiger partial charge in [-0.1, -0.05) is 6.07 Å². The fourth-order valence-corrected chi connectivity index (χ4v) is 1.74. The van der Waals surface area contributed by atoms with Crippen molar-refractivity contribution in [2.24, 2.45) is 0 Å². The van der Waals surface area contributed by atoms with E-state index in [2.05, 4.69) is 10.3 Å². The minimum Gasteiger partial charge on any atom is -0.495 e. The largest absolute Gasteiger partial charge is 0.495 e. The van der Waals surface area contributed by atoms with E-state index in [1.807, 2.05) is 24.5 Å². The lowest BCUT2D eigenvalue weighted by Crippen LogP contribution is -2.13. The van der Waals surface area contributed by atoms with Crippen molar-refractivity contribution in [3.05, 3.63) is 47.7 Å². The summed E-state index contributed by atoms with van der Waals surface area (Å²) in [4.78, 5) is 16.3. The number of amides is 1. The van der Waals surface area contributed by atoms with Gasteiger partial charge in [0.05, 0.1) is 7.11 Å². The molecule has 0 aliphatic carbocycles. The Morgan fingerprint density at radius 3 is 2.75 bits per heavy atom. The van der Waals surface area contributed by atoms with Crippen LogP contribution in [-0.4, -0.2) is 23.2 Å². The maximum absolute atomic E-state index is 12.1. The summed E-state index contributed by atoms with van der Waals surface area (Å²) in [7, 11) is 1.48. The SMILES string of the molecule is COc1ccc(C(=O)Nc2cccc(C)n2)cc1NO. The average Bonchev–Trinajstić information content (AvgIpc) is 2.46. The average molecular weight is 273 g/mol. The summed E-state index contributed by atoms with van der Waals surface area (Å²) < 4.78 is 5.04. The number of pyridine rings is 1. The van der Waals surface area contributed by atoms with Crippen LogP contribution in [0.2, 0.25) is 0 Å². The minimum atomic E-state index is -0.317. The Balaban J connectivity index is 2.21. The van der Waals surface area contributed by atoms with Gasteiger partial charge in [0.2, 0.25) is 0 Å². The molecule has 3 N–H and O–H groups in total. The fourth-order valence-electron chi connectivity index (χ4n) is 1.74. The Morgan fingerprint density at radius 1 is 1.30 bits per heavy atom. The topological polar surface area (TPSA) is 83.5 Å².